The number of nitrogens with two attached hydrogens (primary N) is 1. The van der Waals surface area contributed by atoms with Gasteiger partial charge in [-0.3, -0.25) is 4.98 Å². The second-order valence-corrected chi connectivity index (χ2v) is 8.76. The monoisotopic (exact) mass is 516 g/mol. The smallest absolute Gasteiger partial charge is 0.385 e. The van der Waals surface area contributed by atoms with Crippen molar-refractivity contribution in [1.29, 1.82) is 0 Å². The van der Waals surface area contributed by atoms with Crippen molar-refractivity contribution in [1.82, 2.24) is 19.9 Å². The quantitative estimate of drug-likeness (QED) is 0.430. The number of primary amides is 1. The number of carbonyl (C=O) groups is 1. The molecule has 1 aliphatic heterocycles. The van der Waals surface area contributed by atoms with Gasteiger partial charge in [0, 0.05) is 55.1 Å². The summed E-state index contributed by atoms with van der Waals surface area (Å²) in [5.41, 5.74) is 6.35. The molecule has 2 amide bonds. The van der Waals surface area contributed by atoms with Gasteiger partial charge in [0.25, 0.3) is 0 Å². The Hall–Kier alpha value is -3.77. The number of rotatable bonds is 7. The Labute approximate surface area is 211 Å². The molecule has 3 aromatic rings. The van der Waals surface area contributed by atoms with E-state index in [0.717, 1.165) is 17.8 Å². The highest BCUT2D eigenvalue weighted by Gasteiger charge is 2.35. The highest BCUT2D eigenvalue weighted by molar-refractivity contribution is 5.72. The number of piperidine rings is 1. The third kappa shape index (κ3) is 6.33. The molecule has 0 saturated carbocycles. The van der Waals surface area contributed by atoms with Crippen LogP contribution in [-0.2, 0) is 23.1 Å². The molecule has 1 aromatic carbocycles. The minimum absolute atomic E-state index is 0.197. The Bertz CT molecular complexity index is 1260. The molecule has 0 spiro atoms. The summed E-state index contributed by atoms with van der Waals surface area (Å²) in [7, 11) is 0. The number of hydrogen-bond donors (Lipinski definition) is 3. The first-order valence-electron chi connectivity index (χ1n) is 11.7. The van der Waals surface area contributed by atoms with Crippen molar-refractivity contribution in [3.8, 4) is 11.1 Å². The lowest BCUT2D eigenvalue weighted by Crippen LogP contribution is -2.47. The Kier molecular flexibility index (Phi) is 7.60. The number of urea groups is 1. The minimum Gasteiger partial charge on any atom is -0.385 e. The van der Waals surface area contributed by atoms with Crippen molar-refractivity contribution in [3.05, 3.63) is 65.7 Å². The number of likely N-dealkylation sites (tertiary alicyclic amines) is 1. The van der Waals surface area contributed by atoms with Crippen LogP contribution in [0.4, 0.5) is 29.6 Å². The SMILES string of the molecule is CCOCc1cc(Nc2nccc(C(F)(F)F)n2)cc(-c2cncc(C3(O)CCN(C(N)=O)CC3)c2)c1. The lowest BCUT2D eigenvalue weighted by Gasteiger charge is -2.37. The summed E-state index contributed by atoms with van der Waals surface area (Å²) in [5, 5.41) is 14.1. The number of aliphatic hydroxyl groups is 1. The van der Waals surface area contributed by atoms with E-state index in [1.165, 1.54) is 4.90 Å². The van der Waals surface area contributed by atoms with Gasteiger partial charge < -0.3 is 25.8 Å². The first-order chi connectivity index (χ1) is 17.6. The fraction of sp³-hybridized carbons (Fsp3) is 0.360. The van der Waals surface area contributed by atoms with E-state index < -0.39 is 23.5 Å². The van der Waals surface area contributed by atoms with Crippen LogP contribution in [0.1, 0.15) is 36.6 Å². The van der Waals surface area contributed by atoms with Gasteiger partial charge in [0.1, 0.15) is 5.69 Å². The van der Waals surface area contributed by atoms with Gasteiger partial charge in [-0.15, -0.1) is 0 Å². The highest BCUT2D eigenvalue weighted by atomic mass is 19.4. The number of halogens is 3. The van der Waals surface area contributed by atoms with Crippen LogP contribution in [0.5, 0.6) is 0 Å². The number of amides is 2. The maximum Gasteiger partial charge on any atom is 0.433 e. The largest absolute Gasteiger partial charge is 0.433 e. The average molecular weight is 517 g/mol. The summed E-state index contributed by atoms with van der Waals surface area (Å²) >= 11 is 0. The molecule has 3 heterocycles. The molecular formula is C25H27F3N6O3. The number of nitrogens with zero attached hydrogens (tertiary/aromatic N) is 4. The molecule has 1 aliphatic rings. The van der Waals surface area contributed by atoms with Gasteiger partial charge in [-0.25, -0.2) is 14.8 Å². The van der Waals surface area contributed by atoms with Gasteiger partial charge in [-0.1, -0.05) is 0 Å². The summed E-state index contributed by atoms with van der Waals surface area (Å²) in [5.74, 6) is -0.197. The van der Waals surface area contributed by atoms with E-state index in [1.54, 1.807) is 24.5 Å². The third-order valence-corrected chi connectivity index (χ3v) is 6.18. The lowest BCUT2D eigenvalue weighted by atomic mass is 9.84. The van der Waals surface area contributed by atoms with Gasteiger partial charge in [0.15, 0.2) is 0 Å². The molecule has 1 saturated heterocycles. The van der Waals surface area contributed by atoms with Crippen molar-refractivity contribution >= 4 is 17.7 Å². The zero-order valence-electron chi connectivity index (χ0n) is 20.1. The molecule has 0 unspecified atom stereocenters. The fourth-order valence-electron chi connectivity index (χ4n) is 4.18. The maximum atomic E-state index is 13.1. The van der Waals surface area contributed by atoms with Crippen molar-refractivity contribution < 1.29 is 27.8 Å². The van der Waals surface area contributed by atoms with Crippen LogP contribution >= 0.6 is 0 Å². The molecule has 2 aromatic heterocycles. The van der Waals surface area contributed by atoms with Crippen LogP contribution in [0.2, 0.25) is 0 Å². The molecule has 196 valence electrons. The van der Waals surface area contributed by atoms with E-state index in [0.29, 0.717) is 54.9 Å². The predicted octanol–water partition coefficient (Wildman–Crippen LogP) is 4.20. The summed E-state index contributed by atoms with van der Waals surface area (Å²) < 4.78 is 44.8. The molecule has 37 heavy (non-hydrogen) atoms. The van der Waals surface area contributed by atoms with Crippen molar-refractivity contribution in [2.24, 2.45) is 5.73 Å². The number of alkyl halides is 3. The predicted molar refractivity (Wildman–Crippen MR) is 130 cm³/mol. The molecule has 9 nitrogen and oxygen atoms in total. The van der Waals surface area contributed by atoms with Crippen molar-refractivity contribution in [2.45, 2.75) is 38.1 Å². The van der Waals surface area contributed by atoms with Gasteiger partial charge >= 0.3 is 12.2 Å². The second kappa shape index (κ2) is 10.7. The topological polar surface area (TPSA) is 126 Å². The van der Waals surface area contributed by atoms with Gasteiger partial charge in [-0.05, 0) is 61.2 Å². The lowest BCUT2D eigenvalue weighted by molar-refractivity contribution is -0.141. The standard InChI is InChI=1S/C25H27F3N6O3/c1-2-37-15-16-9-17(12-20(10-16)32-23-31-6-3-21(33-23)25(26,27)28)18-11-19(14-30-13-18)24(36)4-7-34(8-5-24)22(29)35/h3,6,9-14,36H,2,4-5,7-8,15H2,1H3,(H2,29,35)(H,31,32,33). The van der Waals surface area contributed by atoms with E-state index in [4.69, 9.17) is 10.5 Å². The summed E-state index contributed by atoms with van der Waals surface area (Å²) in [6, 6.07) is 7.46. The fourth-order valence-corrected chi connectivity index (χ4v) is 4.18. The van der Waals surface area contributed by atoms with Crippen LogP contribution in [0, 0.1) is 0 Å². The average Bonchev–Trinajstić information content (AvgIpc) is 2.87. The number of aromatic nitrogens is 3. The normalized spacial score (nSPS) is 15.4. The number of nitrogens with one attached hydrogen (secondary N) is 1. The molecular weight excluding hydrogens is 489 g/mol. The number of hydrogen-bond acceptors (Lipinski definition) is 7. The minimum atomic E-state index is -4.60. The zero-order chi connectivity index (χ0) is 26.6. The van der Waals surface area contributed by atoms with Gasteiger partial charge in [0.2, 0.25) is 5.95 Å². The van der Waals surface area contributed by atoms with Crippen LogP contribution in [-0.4, -0.2) is 50.7 Å². The Morgan fingerprint density at radius 1 is 1.19 bits per heavy atom. The zero-order valence-corrected chi connectivity index (χ0v) is 20.1. The molecule has 12 heteroatoms. The van der Waals surface area contributed by atoms with Gasteiger partial charge in [0.05, 0.1) is 12.2 Å². The number of anilines is 2. The van der Waals surface area contributed by atoms with E-state index in [2.05, 4.69) is 20.3 Å². The van der Waals surface area contributed by atoms with Gasteiger partial charge in [-0.2, -0.15) is 13.2 Å². The van der Waals surface area contributed by atoms with E-state index in [-0.39, 0.29) is 12.6 Å². The van der Waals surface area contributed by atoms with E-state index >= 15 is 0 Å². The first-order valence-corrected chi connectivity index (χ1v) is 11.7. The number of benzene rings is 1. The molecule has 4 N–H and O–H groups in total. The Morgan fingerprint density at radius 3 is 2.62 bits per heavy atom. The molecule has 0 atom stereocenters. The molecule has 4 rings (SSSR count). The number of carbonyl (C=O) groups excluding carboxylic acids is 1. The number of pyridine rings is 1. The molecule has 0 aliphatic carbocycles. The molecule has 0 bridgehead atoms. The molecule has 0 radical (unpaired) electrons. The van der Waals surface area contributed by atoms with Crippen LogP contribution < -0.4 is 11.1 Å². The van der Waals surface area contributed by atoms with Crippen molar-refractivity contribution in [3.63, 3.8) is 0 Å². The van der Waals surface area contributed by atoms with E-state index in [9.17, 15) is 23.1 Å². The van der Waals surface area contributed by atoms with Crippen molar-refractivity contribution in [2.75, 3.05) is 25.0 Å². The third-order valence-electron chi connectivity index (χ3n) is 6.18. The summed E-state index contributed by atoms with van der Waals surface area (Å²) in [6.07, 6.45) is 0.289. The second-order valence-electron chi connectivity index (χ2n) is 8.76. The number of ether oxygens (including phenoxy) is 1. The summed E-state index contributed by atoms with van der Waals surface area (Å²) in [6.45, 7) is 3.27. The highest BCUT2D eigenvalue weighted by Crippen LogP contribution is 2.35. The van der Waals surface area contributed by atoms with E-state index in [1.807, 2.05) is 19.1 Å². The maximum absolute atomic E-state index is 13.1. The Morgan fingerprint density at radius 2 is 1.95 bits per heavy atom. The molecule has 1 fully saturated rings. The van der Waals surface area contributed by atoms with Crippen LogP contribution in [0.15, 0.2) is 48.9 Å². The first kappa shape index (κ1) is 26.3. The summed E-state index contributed by atoms with van der Waals surface area (Å²) in [4.78, 5) is 24.7. The van der Waals surface area contributed by atoms with Crippen LogP contribution in [0.3, 0.4) is 0 Å². The Balaban J connectivity index is 1.65. The van der Waals surface area contributed by atoms with Crippen LogP contribution in [0.25, 0.3) is 11.1 Å².